The van der Waals surface area contributed by atoms with Crippen molar-refractivity contribution >= 4 is 12.6 Å². The summed E-state index contributed by atoms with van der Waals surface area (Å²) >= 11 is 0. The second kappa shape index (κ2) is 3.68. The van der Waals surface area contributed by atoms with Gasteiger partial charge in [-0.05, 0) is 33.8 Å². The lowest BCUT2D eigenvalue weighted by molar-refractivity contribution is 0.00578. The summed E-state index contributed by atoms with van der Waals surface area (Å²) in [6.07, 6.45) is 1.01. The van der Waals surface area contributed by atoms with Gasteiger partial charge in [-0.1, -0.05) is 0 Å². The third kappa shape index (κ3) is 2.02. The highest BCUT2D eigenvalue weighted by Crippen LogP contribution is 2.36. The number of aromatic amines is 1. The molecule has 1 aromatic rings. The summed E-state index contributed by atoms with van der Waals surface area (Å²) in [5.74, 6) is -0.519. The van der Waals surface area contributed by atoms with Crippen LogP contribution in [0.3, 0.4) is 0 Å². The van der Waals surface area contributed by atoms with Crippen molar-refractivity contribution in [3.05, 3.63) is 28.4 Å². The summed E-state index contributed by atoms with van der Waals surface area (Å²) in [7, 11) is -0.834. The maximum Gasteiger partial charge on any atom is 0.500 e. The smallest absolute Gasteiger partial charge is 0.399 e. The molecule has 1 saturated heterocycles. The van der Waals surface area contributed by atoms with Gasteiger partial charge in [0, 0.05) is 6.20 Å². The van der Waals surface area contributed by atoms with E-state index in [9.17, 15) is 9.18 Å². The third-order valence-corrected chi connectivity index (χ3v) is 3.40. The molecule has 0 unspecified atom stereocenters. The van der Waals surface area contributed by atoms with E-state index in [-0.39, 0.29) is 5.46 Å². The fourth-order valence-corrected chi connectivity index (χ4v) is 1.62. The topological polar surface area (TPSA) is 51.3 Å². The largest absolute Gasteiger partial charge is 0.500 e. The molecule has 0 aliphatic carbocycles. The van der Waals surface area contributed by atoms with Crippen molar-refractivity contribution in [2.24, 2.45) is 0 Å². The lowest BCUT2D eigenvalue weighted by Crippen LogP contribution is -2.44. The van der Waals surface area contributed by atoms with E-state index < -0.39 is 29.7 Å². The number of H-pyrrole nitrogens is 1. The van der Waals surface area contributed by atoms with E-state index >= 15 is 0 Å². The molecule has 1 N–H and O–H groups in total. The van der Waals surface area contributed by atoms with E-state index in [0.29, 0.717) is 0 Å². The minimum Gasteiger partial charge on any atom is -0.399 e. The molecule has 92 valence electrons. The van der Waals surface area contributed by atoms with Gasteiger partial charge in [-0.2, -0.15) is 0 Å². The zero-order valence-corrected chi connectivity index (χ0v) is 10.3. The monoisotopic (exact) mass is 239 g/mol. The average Bonchev–Trinajstić information content (AvgIpc) is 2.40. The van der Waals surface area contributed by atoms with Crippen LogP contribution in [-0.2, 0) is 9.31 Å². The Labute approximate surface area is 99.3 Å². The molecule has 1 aromatic heterocycles. The summed E-state index contributed by atoms with van der Waals surface area (Å²) in [5, 5.41) is 0. The molecule has 2 heterocycles. The van der Waals surface area contributed by atoms with Crippen LogP contribution in [0.15, 0.2) is 17.1 Å². The van der Waals surface area contributed by atoms with E-state index in [1.54, 1.807) is 0 Å². The van der Waals surface area contributed by atoms with Gasteiger partial charge in [0.1, 0.15) is 5.82 Å². The van der Waals surface area contributed by atoms with E-state index in [1.807, 2.05) is 27.7 Å². The Kier molecular flexibility index (Phi) is 2.67. The van der Waals surface area contributed by atoms with Gasteiger partial charge in [0.05, 0.1) is 16.7 Å². The average molecular weight is 239 g/mol. The second-order valence-corrected chi connectivity index (χ2v) is 5.19. The summed E-state index contributed by atoms with van der Waals surface area (Å²) in [6.45, 7) is 7.50. The number of hydrogen-bond donors (Lipinski definition) is 1. The zero-order valence-electron chi connectivity index (χ0n) is 10.3. The highest BCUT2D eigenvalue weighted by Gasteiger charge is 2.52. The zero-order chi connectivity index (χ0) is 12.8. The first kappa shape index (κ1) is 12.3. The molecule has 2 rings (SSSR count). The van der Waals surface area contributed by atoms with Crippen molar-refractivity contribution in [1.29, 1.82) is 0 Å². The molecule has 1 fully saturated rings. The van der Waals surface area contributed by atoms with Crippen LogP contribution in [0.1, 0.15) is 27.7 Å². The van der Waals surface area contributed by atoms with Gasteiger partial charge in [-0.3, -0.25) is 4.79 Å². The van der Waals surface area contributed by atoms with Crippen molar-refractivity contribution in [3.63, 3.8) is 0 Å². The van der Waals surface area contributed by atoms with Crippen LogP contribution in [0, 0.1) is 5.82 Å². The molecule has 0 bridgehead atoms. The first-order chi connectivity index (χ1) is 7.73. The molecule has 0 amide bonds. The number of nitrogens with one attached hydrogen (secondary N) is 1. The lowest BCUT2D eigenvalue weighted by Gasteiger charge is -2.32. The SMILES string of the molecule is CC1(C)OB(c2cc(F)c[nH]c2=O)OC1(C)C. The van der Waals surface area contributed by atoms with Gasteiger partial charge in [0.15, 0.2) is 0 Å². The number of pyridine rings is 1. The Hall–Kier alpha value is -1.14. The Morgan fingerprint density at radius 3 is 2.29 bits per heavy atom. The molecule has 17 heavy (non-hydrogen) atoms. The Balaban J connectivity index is 2.39. The lowest BCUT2D eigenvalue weighted by atomic mass is 9.80. The standard InChI is InChI=1S/C11H15BFNO3/c1-10(2)11(3,4)17-12(16-10)8-5-7(13)6-14-9(8)15/h5-6H,1-4H3,(H,14,15). The molecule has 1 aliphatic heterocycles. The molecule has 0 aromatic carbocycles. The number of aromatic nitrogens is 1. The van der Waals surface area contributed by atoms with Crippen LogP contribution in [0.25, 0.3) is 0 Å². The third-order valence-electron chi connectivity index (χ3n) is 3.40. The normalized spacial score (nSPS) is 21.8. The van der Waals surface area contributed by atoms with E-state index in [4.69, 9.17) is 9.31 Å². The van der Waals surface area contributed by atoms with Crippen molar-refractivity contribution in [3.8, 4) is 0 Å². The summed E-state index contributed by atoms with van der Waals surface area (Å²) in [6, 6.07) is 1.14. The number of rotatable bonds is 1. The summed E-state index contributed by atoms with van der Waals surface area (Å²) < 4.78 is 24.5. The molecule has 1 aliphatic rings. The quantitative estimate of drug-likeness (QED) is 0.738. The van der Waals surface area contributed by atoms with Crippen LogP contribution >= 0.6 is 0 Å². The van der Waals surface area contributed by atoms with Gasteiger partial charge in [0.25, 0.3) is 0 Å². The molecule has 6 heteroatoms. The molecule has 0 radical (unpaired) electrons. The number of hydrogen-bond acceptors (Lipinski definition) is 3. The van der Waals surface area contributed by atoms with Gasteiger partial charge < -0.3 is 14.3 Å². The fourth-order valence-electron chi connectivity index (χ4n) is 1.62. The maximum absolute atomic E-state index is 13.1. The van der Waals surface area contributed by atoms with Crippen molar-refractivity contribution < 1.29 is 13.7 Å². The van der Waals surface area contributed by atoms with Gasteiger partial charge in [-0.15, -0.1) is 0 Å². The van der Waals surface area contributed by atoms with Gasteiger partial charge >= 0.3 is 7.12 Å². The van der Waals surface area contributed by atoms with Crippen LogP contribution in [0.2, 0.25) is 0 Å². The first-order valence-corrected chi connectivity index (χ1v) is 5.47. The summed E-state index contributed by atoms with van der Waals surface area (Å²) in [5.41, 5.74) is -1.33. The highest BCUT2D eigenvalue weighted by atomic mass is 19.1. The minimum absolute atomic E-state index is 0.156. The van der Waals surface area contributed by atoms with Crippen molar-refractivity contribution in [2.75, 3.05) is 0 Å². The minimum atomic E-state index is -0.834. The van der Waals surface area contributed by atoms with Crippen LogP contribution in [0.4, 0.5) is 4.39 Å². The molecular weight excluding hydrogens is 224 g/mol. The van der Waals surface area contributed by atoms with Crippen LogP contribution in [-0.4, -0.2) is 23.3 Å². The van der Waals surface area contributed by atoms with E-state index in [0.717, 1.165) is 12.3 Å². The summed E-state index contributed by atoms with van der Waals surface area (Å²) in [4.78, 5) is 13.9. The van der Waals surface area contributed by atoms with Crippen molar-refractivity contribution in [1.82, 2.24) is 4.98 Å². The molecule has 0 spiro atoms. The Morgan fingerprint density at radius 2 is 1.76 bits per heavy atom. The van der Waals surface area contributed by atoms with Crippen LogP contribution < -0.4 is 11.0 Å². The fraction of sp³-hybridized carbons (Fsp3) is 0.545. The van der Waals surface area contributed by atoms with Gasteiger partial charge in [0.2, 0.25) is 5.56 Å². The molecule has 4 nitrogen and oxygen atoms in total. The Morgan fingerprint density at radius 1 is 1.24 bits per heavy atom. The molecule has 0 saturated carbocycles. The van der Waals surface area contributed by atoms with Gasteiger partial charge in [-0.25, -0.2) is 4.39 Å². The van der Waals surface area contributed by atoms with Crippen molar-refractivity contribution in [2.45, 2.75) is 38.9 Å². The molecular formula is C11H15BFNO3. The maximum atomic E-state index is 13.1. The van der Waals surface area contributed by atoms with Crippen LogP contribution in [0.5, 0.6) is 0 Å². The van der Waals surface area contributed by atoms with E-state index in [1.165, 1.54) is 0 Å². The highest BCUT2D eigenvalue weighted by molar-refractivity contribution is 6.61. The second-order valence-electron chi connectivity index (χ2n) is 5.19. The molecule has 0 atom stereocenters. The predicted octanol–water partition coefficient (Wildman–Crippen LogP) is 0.813. The predicted molar refractivity (Wildman–Crippen MR) is 62.7 cm³/mol. The first-order valence-electron chi connectivity index (χ1n) is 5.47. The number of halogens is 1. The Bertz CT molecular complexity index is 482. The van der Waals surface area contributed by atoms with E-state index in [2.05, 4.69) is 4.98 Å².